The molecule has 0 atom stereocenters. The maximum absolute atomic E-state index is 12.8. The lowest BCUT2D eigenvalue weighted by atomic mass is 10.2. The molecule has 0 aliphatic heterocycles. The molecule has 8 heteroatoms. The summed E-state index contributed by atoms with van der Waals surface area (Å²) in [4.78, 5) is -0.323. The van der Waals surface area contributed by atoms with E-state index in [1.165, 1.54) is 30.3 Å². The first kappa shape index (κ1) is 18.9. The van der Waals surface area contributed by atoms with Gasteiger partial charge in [0, 0.05) is 0 Å². The van der Waals surface area contributed by atoms with Crippen LogP contribution in [0.3, 0.4) is 0 Å². The van der Waals surface area contributed by atoms with E-state index in [0.717, 1.165) is 6.07 Å². The van der Waals surface area contributed by atoms with Crippen LogP contribution in [0.4, 0.5) is 5.69 Å². The molecule has 0 saturated carbocycles. The number of benzene rings is 3. The highest BCUT2D eigenvalue weighted by molar-refractivity contribution is 7.93. The van der Waals surface area contributed by atoms with Crippen molar-refractivity contribution in [3.8, 4) is 5.75 Å². The highest BCUT2D eigenvalue weighted by atomic mass is 32.2. The maximum Gasteiger partial charge on any atom is 0.261 e. The van der Waals surface area contributed by atoms with Crippen LogP contribution < -0.4 is 4.72 Å². The van der Waals surface area contributed by atoms with Crippen LogP contribution >= 0.6 is 0 Å². The molecule has 0 radical (unpaired) electrons. The van der Waals surface area contributed by atoms with Gasteiger partial charge in [-0.1, -0.05) is 36.4 Å². The average Bonchev–Trinajstić information content (AvgIpc) is 2.65. The van der Waals surface area contributed by atoms with Gasteiger partial charge in [-0.25, -0.2) is 16.8 Å². The highest BCUT2D eigenvalue weighted by Gasteiger charge is 2.24. The van der Waals surface area contributed by atoms with Gasteiger partial charge in [0.15, 0.2) is 0 Å². The molecule has 3 aromatic carbocycles. The summed E-state index contributed by atoms with van der Waals surface area (Å²) in [5.41, 5.74) is 0.463. The predicted molar refractivity (Wildman–Crippen MR) is 102 cm³/mol. The molecule has 6 nitrogen and oxygen atoms in total. The molecule has 0 aliphatic carbocycles. The number of sulfone groups is 1. The Kier molecular flexibility index (Phi) is 4.95. The van der Waals surface area contributed by atoms with Crippen molar-refractivity contribution >= 4 is 25.5 Å². The summed E-state index contributed by atoms with van der Waals surface area (Å²) in [6, 6.07) is 17.7. The van der Waals surface area contributed by atoms with Crippen molar-refractivity contribution in [1.29, 1.82) is 0 Å². The molecule has 2 N–H and O–H groups in total. The van der Waals surface area contributed by atoms with Gasteiger partial charge in [0.1, 0.15) is 10.6 Å². The first-order valence-electron chi connectivity index (χ1n) is 7.93. The number of aryl methyl sites for hydroxylation is 1. The van der Waals surface area contributed by atoms with Gasteiger partial charge >= 0.3 is 0 Å². The van der Waals surface area contributed by atoms with Gasteiger partial charge in [-0.2, -0.15) is 0 Å². The summed E-state index contributed by atoms with van der Waals surface area (Å²) >= 11 is 0. The molecule has 0 amide bonds. The number of nitrogens with one attached hydrogen (secondary N) is 1. The molecule has 27 heavy (non-hydrogen) atoms. The first-order valence-corrected chi connectivity index (χ1v) is 10.9. The van der Waals surface area contributed by atoms with E-state index in [1.54, 1.807) is 43.3 Å². The van der Waals surface area contributed by atoms with Crippen LogP contribution in [0.5, 0.6) is 5.75 Å². The Hall–Kier alpha value is -2.84. The Balaban J connectivity index is 2.08. The standard InChI is InChI=1S/C19H17NO5S2/c1-14-12-18(21)19(26(22,23)15-8-4-2-5-9-15)13-17(14)20-27(24,25)16-10-6-3-7-11-16/h2-13,20-21H,1H3. The fourth-order valence-corrected chi connectivity index (χ4v) is 5.05. The third kappa shape index (κ3) is 3.81. The number of phenolic OH excluding ortho intramolecular Hbond substituents is 1. The highest BCUT2D eigenvalue weighted by Crippen LogP contribution is 2.34. The van der Waals surface area contributed by atoms with Crippen molar-refractivity contribution in [2.24, 2.45) is 0 Å². The number of anilines is 1. The summed E-state index contributed by atoms with van der Waals surface area (Å²) < 4.78 is 53.1. The van der Waals surface area contributed by atoms with E-state index in [4.69, 9.17) is 0 Å². The number of phenols is 1. The minimum Gasteiger partial charge on any atom is -0.507 e. The normalized spacial score (nSPS) is 11.9. The number of hydrogen-bond acceptors (Lipinski definition) is 5. The van der Waals surface area contributed by atoms with Crippen LogP contribution in [0.15, 0.2) is 87.5 Å². The van der Waals surface area contributed by atoms with Crippen molar-refractivity contribution in [3.63, 3.8) is 0 Å². The fraction of sp³-hybridized carbons (Fsp3) is 0.0526. The molecular weight excluding hydrogens is 386 g/mol. The number of sulfonamides is 1. The van der Waals surface area contributed by atoms with Crippen molar-refractivity contribution in [2.45, 2.75) is 21.6 Å². The number of aromatic hydroxyl groups is 1. The molecule has 0 aromatic heterocycles. The van der Waals surface area contributed by atoms with Gasteiger partial charge in [0.2, 0.25) is 9.84 Å². The Bertz CT molecular complexity index is 1170. The first-order chi connectivity index (χ1) is 12.7. The van der Waals surface area contributed by atoms with E-state index >= 15 is 0 Å². The van der Waals surface area contributed by atoms with E-state index in [1.807, 2.05) is 0 Å². The van der Waals surface area contributed by atoms with Crippen molar-refractivity contribution in [1.82, 2.24) is 0 Å². The molecular formula is C19H17NO5S2. The van der Waals surface area contributed by atoms with Gasteiger partial charge in [0.25, 0.3) is 10.0 Å². The monoisotopic (exact) mass is 403 g/mol. The molecule has 3 aromatic rings. The van der Waals surface area contributed by atoms with Gasteiger partial charge in [-0.15, -0.1) is 0 Å². The summed E-state index contributed by atoms with van der Waals surface area (Å²) in [6.45, 7) is 1.57. The molecule has 0 bridgehead atoms. The summed E-state index contributed by atoms with van der Waals surface area (Å²) in [6.07, 6.45) is 0. The third-order valence-electron chi connectivity index (χ3n) is 3.95. The van der Waals surface area contributed by atoms with Gasteiger partial charge in [-0.05, 0) is 48.9 Å². The predicted octanol–water partition coefficient (Wildman–Crippen LogP) is 3.33. The smallest absolute Gasteiger partial charge is 0.261 e. The summed E-state index contributed by atoms with van der Waals surface area (Å²) in [5, 5.41) is 10.2. The van der Waals surface area contributed by atoms with Gasteiger partial charge < -0.3 is 5.11 Å². The number of rotatable bonds is 5. The Morgan fingerprint density at radius 1 is 0.778 bits per heavy atom. The zero-order chi connectivity index (χ0) is 19.7. The zero-order valence-corrected chi connectivity index (χ0v) is 16.0. The van der Waals surface area contributed by atoms with Crippen LogP contribution in [0, 0.1) is 6.92 Å². The molecule has 0 saturated heterocycles. The van der Waals surface area contributed by atoms with Crippen molar-refractivity contribution in [2.75, 3.05) is 4.72 Å². The minimum atomic E-state index is -4.01. The second-order valence-corrected chi connectivity index (χ2v) is 9.47. The molecule has 0 aliphatic rings. The minimum absolute atomic E-state index is 0.000944. The van der Waals surface area contributed by atoms with E-state index in [0.29, 0.717) is 5.56 Å². The maximum atomic E-state index is 12.8. The largest absolute Gasteiger partial charge is 0.507 e. The van der Waals surface area contributed by atoms with E-state index in [2.05, 4.69) is 4.72 Å². The van der Waals surface area contributed by atoms with Crippen LogP contribution in [0.1, 0.15) is 5.56 Å². The Morgan fingerprint density at radius 2 is 1.30 bits per heavy atom. The Labute approximate surface area is 158 Å². The van der Waals surface area contributed by atoms with Gasteiger partial charge in [0.05, 0.1) is 15.5 Å². The van der Waals surface area contributed by atoms with Crippen LogP contribution in [0.2, 0.25) is 0 Å². The van der Waals surface area contributed by atoms with Crippen molar-refractivity contribution in [3.05, 3.63) is 78.4 Å². The molecule has 0 unspecified atom stereocenters. The van der Waals surface area contributed by atoms with Crippen LogP contribution in [0.25, 0.3) is 0 Å². The van der Waals surface area contributed by atoms with Crippen LogP contribution in [-0.2, 0) is 19.9 Å². The molecule has 140 valence electrons. The topological polar surface area (TPSA) is 101 Å². The van der Waals surface area contributed by atoms with Crippen LogP contribution in [-0.4, -0.2) is 21.9 Å². The second kappa shape index (κ2) is 7.05. The quantitative estimate of drug-likeness (QED) is 0.637. The van der Waals surface area contributed by atoms with E-state index in [-0.39, 0.29) is 20.4 Å². The SMILES string of the molecule is Cc1cc(O)c(S(=O)(=O)c2ccccc2)cc1NS(=O)(=O)c1ccccc1. The summed E-state index contributed by atoms with van der Waals surface area (Å²) in [5.74, 6) is -0.445. The van der Waals surface area contributed by atoms with E-state index < -0.39 is 25.6 Å². The lowest BCUT2D eigenvalue weighted by molar-refractivity contribution is 0.458. The molecule has 0 spiro atoms. The molecule has 0 heterocycles. The molecule has 0 fully saturated rings. The third-order valence-corrected chi connectivity index (χ3v) is 7.13. The average molecular weight is 403 g/mol. The Morgan fingerprint density at radius 3 is 1.85 bits per heavy atom. The number of hydrogen-bond donors (Lipinski definition) is 2. The lowest BCUT2D eigenvalue weighted by Gasteiger charge is -2.14. The fourth-order valence-electron chi connectivity index (χ4n) is 2.53. The zero-order valence-electron chi connectivity index (χ0n) is 14.3. The molecule has 3 rings (SSSR count). The second-order valence-electron chi connectivity index (χ2n) is 5.87. The van der Waals surface area contributed by atoms with Gasteiger partial charge in [-0.3, -0.25) is 4.72 Å². The summed E-state index contributed by atoms with van der Waals surface area (Å²) in [7, 11) is -7.92. The van der Waals surface area contributed by atoms with E-state index in [9.17, 15) is 21.9 Å². The van der Waals surface area contributed by atoms with Crippen molar-refractivity contribution < 1.29 is 21.9 Å². The lowest BCUT2D eigenvalue weighted by Crippen LogP contribution is -2.14.